The standard InChI is InChI=1S/C21H21N3O5/c1-13-5-8-16(12-17(13)24-11-3-4-18(24)25)23-20(27)19(26)22-15-9-6-14(7-10-15)21(28)29-2/h5-10,12H,3-4,11H2,1-2H3,(H,22,26)(H,23,27). The van der Waals surface area contributed by atoms with Crippen LogP contribution in [0.15, 0.2) is 42.5 Å². The third-order valence-corrected chi connectivity index (χ3v) is 4.60. The minimum atomic E-state index is -0.852. The van der Waals surface area contributed by atoms with Crippen LogP contribution in [0.2, 0.25) is 0 Å². The van der Waals surface area contributed by atoms with Gasteiger partial charge >= 0.3 is 17.8 Å². The molecule has 1 heterocycles. The topological polar surface area (TPSA) is 105 Å². The Hall–Kier alpha value is -3.68. The lowest BCUT2D eigenvalue weighted by atomic mass is 10.1. The third-order valence-electron chi connectivity index (χ3n) is 4.60. The summed E-state index contributed by atoms with van der Waals surface area (Å²) in [6, 6.07) is 11.1. The van der Waals surface area contributed by atoms with E-state index in [-0.39, 0.29) is 5.91 Å². The van der Waals surface area contributed by atoms with Crippen molar-refractivity contribution in [3.8, 4) is 0 Å². The van der Waals surface area contributed by atoms with Gasteiger partial charge in [0.1, 0.15) is 0 Å². The Bertz CT molecular complexity index is 969. The molecule has 1 fully saturated rings. The van der Waals surface area contributed by atoms with Crippen molar-refractivity contribution in [2.24, 2.45) is 0 Å². The maximum Gasteiger partial charge on any atom is 0.337 e. The number of nitrogens with zero attached hydrogens (tertiary/aromatic N) is 1. The Morgan fingerprint density at radius 2 is 1.59 bits per heavy atom. The molecule has 0 unspecified atom stereocenters. The first-order chi connectivity index (χ1) is 13.9. The molecule has 150 valence electrons. The van der Waals surface area contributed by atoms with Gasteiger partial charge in [-0.2, -0.15) is 0 Å². The number of hydrogen-bond acceptors (Lipinski definition) is 5. The molecule has 8 nitrogen and oxygen atoms in total. The summed E-state index contributed by atoms with van der Waals surface area (Å²) in [5.74, 6) is -2.14. The summed E-state index contributed by atoms with van der Waals surface area (Å²) >= 11 is 0. The van der Waals surface area contributed by atoms with Crippen molar-refractivity contribution in [1.82, 2.24) is 0 Å². The van der Waals surface area contributed by atoms with Gasteiger partial charge in [0, 0.05) is 30.0 Å². The Balaban J connectivity index is 1.66. The second kappa shape index (κ2) is 8.55. The highest BCUT2D eigenvalue weighted by molar-refractivity contribution is 6.43. The van der Waals surface area contributed by atoms with Gasteiger partial charge in [-0.15, -0.1) is 0 Å². The zero-order valence-electron chi connectivity index (χ0n) is 16.2. The van der Waals surface area contributed by atoms with E-state index >= 15 is 0 Å². The van der Waals surface area contributed by atoms with Gasteiger partial charge in [-0.25, -0.2) is 4.79 Å². The molecule has 0 bridgehead atoms. The summed E-state index contributed by atoms with van der Waals surface area (Å²) in [7, 11) is 1.28. The average Bonchev–Trinajstić information content (AvgIpc) is 3.15. The molecule has 29 heavy (non-hydrogen) atoms. The summed E-state index contributed by atoms with van der Waals surface area (Å²) in [6.07, 6.45) is 1.30. The molecule has 2 aromatic carbocycles. The van der Waals surface area contributed by atoms with Crippen molar-refractivity contribution in [3.63, 3.8) is 0 Å². The number of rotatable bonds is 4. The maximum atomic E-state index is 12.2. The highest BCUT2D eigenvalue weighted by atomic mass is 16.5. The second-order valence-corrected chi connectivity index (χ2v) is 6.63. The second-order valence-electron chi connectivity index (χ2n) is 6.63. The van der Waals surface area contributed by atoms with Crippen LogP contribution in [-0.2, 0) is 19.1 Å². The van der Waals surface area contributed by atoms with E-state index in [0.717, 1.165) is 17.7 Å². The fourth-order valence-electron chi connectivity index (χ4n) is 3.06. The number of hydrogen-bond donors (Lipinski definition) is 2. The Labute approximate surface area is 167 Å². The first kappa shape index (κ1) is 20.1. The van der Waals surface area contributed by atoms with Crippen molar-refractivity contribution in [2.45, 2.75) is 19.8 Å². The quantitative estimate of drug-likeness (QED) is 0.611. The van der Waals surface area contributed by atoms with Gasteiger partial charge < -0.3 is 20.3 Å². The van der Waals surface area contributed by atoms with Crippen LogP contribution >= 0.6 is 0 Å². The molecule has 0 aliphatic carbocycles. The van der Waals surface area contributed by atoms with E-state index < -0.39 is 17.8 Å². The average molecular weight is 395 g/mol. The van der Waals surface area contributed by atoms with E-state index in [2.05, 4.69) is 15.4 Å². The number of aryl methyl sites for hydroxylation is 1. The number of ether oxygens (including phenoxy) is 1. The minimum Gasteiger partial charge on any atom is -0.465 e. The van der Waals surface area contributed by atoms with Crippen molar-refractivity contribution in [3.05, 3.63) is 53.6 Å². The van der Waals surface area contributed by atoms with Crippen LogP contribution in [0.1, 0.15) is 28.8 Å². The van der Waals surface area contributed by atoms with Gasteiger partial charge in [-0.05, 0) is 55.3 Å². The predicted octanol–water partition coefficient (Wildman–Crippen LogP) is 2.49. The Morgan fingerprint density at radius 3 is 2.17 bits per heavy atom. The lowest BCUT2D eigenvalue weighted by molar-refractivity contribution is -0.132. The molecule has 0 aromatic heterocycles. The van der Waals surface area contributed by atoms with E-state index in [1.165, 1.54) is 31.4 Å². The maximum absolute atomic E-state index is 12.2. The summed E-state index contributed by atoms with van der Waals surface area (Å²) in [5.41, 5.74) is 2.76. The SMILES string of the molecule is COC(=O)c1ccc(NC(=O)C(=O)Nc2ccc(C)c(N3CCCC3=O)c2)cc1. The smallest absolute Gasteiger partial charge is 0.337 e. The van der Waals surface area contributed by atoms with Crippen LogP contribution < -0.4 is 15.5 Å². The normalized spacial score (nSPS) is 13.2. The number of methoxy groups -OCH3 is 1. The van der Waals surface area contributed by atoms with Gasteiger partial charge in [0.25, 0.3) is 0 Å². The zero-order valence-corrected chi connectivity index (χ0v) is 16.2. The van der Waals surface area contributed by atoms with Crippen molar-refractivity contribution < 1.29 is 23.9 Å². The molecule has 0 saturated carbocycles. The van der Waals surface area contributed by atoms with Gasteiger partial charge in [-0.3, -0.25) is 14.4 Å². The molecule has 3 amide bonds. The zero-order chi connectivity index (χ0) is 21.0. The largest absolute Gasteiger partial charge is 0.465 e. The van der Waals surface area contributed by atoms with E-state index in [4.69, 9.17) is 0 Å². The number of carbonyl (C=O) groups excluding carboxylic acids is 4. The number of esters is 1. The van der Waals surface area contributed by atoms with Crippen LogP contribution in [0.5, 0.6) is 0 Å². The van der Waals surface area contributed by atoms with Crippen LogP contribution in [0.3, 0.4) is 0 Å². The summed E-state index contributed by atoms with van der Waals surface area (Å²) in [4.78, 5) is 49.5. The first-order valence-electron chi connectivity index (χ1n) is 9.11. The lowest BCUT2D eigenvalue weighted by Crippen LogP contribution is -2.29. The van der Waals surface area contributed by atoms with E-state index in [0.29, 0.717) is 29.9 Å². The molecule has 1 aliphatic heterocycles. The van der Waals surface area contributed by atoms with Crippen LogP contribution in [0, 0.1) is 6.92 Å². The Kier molecular flexibility index (Phi) is 5.92. The van der Waals surface area contributed by atoms with Gasteiger partial charge in [0.2, 0.25) is 5.91 Å². The highest BCUT2D eigenvalue weighted by Gasteiger charge is 2.23. The fourth-order valence-corrected chi connectivity index (χ4v) is 3.06. The molecular formula is C21H21N3O5. The number of nitrogens with one attached hydrogen (secondary N) is 2. The highest BCUT2D eigenvalue weighted by Crippen LogP contribution is 2.28. The van der Waals surface area contributed by atoms with Crippen LogP contribution in [-0.4, -0.2) is 37.3 Å². The molecule has 2 aromatic rings. The lowest BCUT2D eigenvalue weighted by Gasteiger charge is -2.19. The predicted molar refractivity (Wildman–Crippen MR) is 108 cm³/mol. The molecule has 0 radical (unpaired) electrons. The molecule has 8 heteroatoms. The van der Waals surface area contributed by atoms with Gasteiger partial charge in [0.15, 0.2) is 0 Å². The molecule has 0 atom stereocenters. The van der Waals surface area contributed by atoms with Crippen molar-refractivity contribution in [2.75, 3.05) is 29.2 Å². The minimum absolute atomic E-state index is 0.0460. The molecule has 2 N–H and O–H groups in total. The van der Waals surface area contributed by atoms with Crippen molar-refractivity contribution >= 4 is 40.8 Å². The Morgan fingerprint density at radius 1 is 0.966 bits per heavy atom. The third kappa shape index (κ3) is 4.60. The molecule has 1 aliphatic rings. The monoisotopic (exact) mass is 395 g/mol. The molecular weight excluding hydrogens is 374 g/mol. The van der Waals surface area contributed by atoms with Crippen molar-refractivity contribution in [1.29, 1.82) is 0 Å². The van der Waals surface area contributed by atoms with Crippen LogP contribution in [0.4, 0.5) is 17.1 Å². The fraction of sp³-hybridized carbons (Fsp3) is 0.238. The number of benzene rings is 2. The molecule has 0 spiro atoms. The first-order valence-corrected chi connectivity index (χ1v) is 9.11. The number of amides is 3. The van der Waals surface area contributed by atoms with E-state index in [1.807, 2.05) is 6.92 Å². The molecule has 1 saturated heterocycles. The van der Waals surface area contributed by atoms with E-state index in [1.54, 1.807) is 23.1 Å². The van der Waals surface area contributed by atoms with Gasteiger partial charge in [-0.1, -0.05) is 6.07 Å². The number of carbonyl (C=O) groups is 4. The van der Waals surface area contributed by atoms with E-state index in [9.17, 15) is 19.2 Å². The van der Waals surface area contributed by atoms with Gasteiger partial charge in [0.05, 0.1) is 12.7 Å². The van der Waals surface area contributed by atoms with Crippen LogP contribution in [0.25, 0.3) is 0 Å². The molecule has 3 rings (SSSR count). The number of anilines is 3. The summed E-state index contributed by atoms with van der Waals surface area (Å²) < 4.78 is 4.61. The summed E-state index contributed by atoms with van der Waals surface area (Å²) in [5, 5.41) is 5.01. The summed E-state index contributed by atoms with van der Waals surface area (Å²) in [6.45, 7) is 2.52.